The fourth-order valence-corrected chi connectivity index (χ4v) is 6.25. The number of halogens is 3. The van der Waals surface area contributed by atoms with Crippen LogP contribution < -0.4 is 5.32 Å². The maximum Gasteiger partial charge on any atom is 0.243 e. The summed E-state index contributed by atoms with van der Waals surface area (Å²) < 4.78 is 32.2. The Bertz CT molecular complexity index is 1850. The fourth-order valence-electron chi connectivity index (χ4n) is 5.95. The highest BCUT2D eigenvalue weighted by molar-refractivity contribution is 6.30. The molecule has 3 heterocycles. The number of carbonyl (C=O) groups excluding carboxylic acids is 3. The lowest BCUT2D eigenvalue weighted by Crippen LogP contribution is -2.53. The van der Waals surface area contributed by atoms with E-state index in [-0.39, 0.29) is 30.9 Å². The molecule has 0 bridgehead atoms. The van der Waals surface area contributed by atoms with Crippen molar-refractivity contribution in [2.75, 3.05) is 6.54 Å². The van der Waals surface area contributed by atoms with E-state index in [1.807, 2.05) is 18.2 Å². The number of nitrogens with one attached hydrogen (secondary N) is 1. The molecule has 2 aliphatic rings. The molecular formula is C34H30ClF2N5O3. The second kappa shape index (κ2) is 12.0. The van der Waals surface area contributed by atoms with Crippen molar-refractivity contribution in [2.24, 2.45) is 0 Å². The van der Waals surface area contributed by atoms with E-state index in [1.165, 1.54) is 22.5 Å². The molecule has 1 N–H and O–H groups in total. The number of likely N-dealkylation sites (tertiary alicyclic amines) is 1. The van der Waals surface area contributed by atoms with E-state index in [4.69, 9.17) is 11.6 Å². The smallest absolute Gasteiger partial charge is 0.243 e. The average Bonchev–Trinajstić information content (AvgIpc) is 3.59. The molecule has 1 fully saturated rings. The van der Waals surface area contributed by atoms with E-state index in [1.54, 1.807) is 68.0 Å². The van der Waals surface area contributed by atoms with Crippen molar-refractivity contribution in [3.05, 3.63) is 102 Å². The van der Waals surface area contributed by atoms with E-state index in [0.717, 1.165) is 11.1 Å². The van der Waals surface area contributed by atoms with Crippen LogP contribution in [-0.2, 0) is 16.0 Å². The molecule has 1 aliphatic heterocycles. The summed E-state index contributed by atoms with van der Waals surface area (Å²) in [5.41, 5.74) is 3.45. The summed E-state index contributed by atoms with van der Waals surface area (Å²) in [5.74, 6) is -0.812. The lowest BCUT2D eigenvalue weighted by molar-refractivity contribution is -0.138. The van der Waals surface area contributed by atoms with Gasteiger partial charge in [-0.3, -0.25) is 19.0 Å². The van der Waals surface area contributed by atoms with Crippen LogP contribution >= 0.6 is 11.6 Å². The zero-order valence-electron chi connectivity index (χ0n) is 24.6. The number of aromatic nitrogens is 3. The molecule has 1 aliphatic carbocycles. The topological polar surface area (TPSA) is 97.2 Å². The molecule has 0 saturated carbocycles. The Morgan fingerprint density at radius 3 is 2.51 bits per heavy atom. The molecule has 8 nitrogen and oxygen atoms in total. The minimum atomic E-state index is -2.47. The molecule has 230 valence electrons. The van der Waals surface area contributed by atoms with Crippen molar-refractivity contribution >= 4 is 45.8 Å². The first-order chi connectivity index (χ1) is 21.5. The molecule has 2 unspecified atom stereocenters. The molecule has 1 saturated heterocycles. The maximum atomic E-state index is 16.0. The highest BCUT2D eigenvalue weighted by atomic mass is 35.5. The highest BCUT2D eigenvalue weighted by Crippen LogP contribution is 2.41. The summed E-state index contributed by atoms with van der Waals surface area (Å²) in [7, 11) is 0. The van der Waals surface area contributed by atoms with Gasteiger partial charge in [-0.1, -0.05) is 72.3 Å². The van der Waals surface area contributed by atoms with Gasteiger partial charge in [-0.2, -0.15) is 0 Å². The van der Waals surface area contributed by atoms with Crippen LogP contribution in [0.3, 0.4) is 0 Å². The Hall–Kier alpha value is -4.70. The van der Waals surface area contributed by atoms with Crippen LogP contribution in [0.25, 0.3) is 27.6 Å². The minimum absolute atomic E-state index is 0.174. The number of fused-ring (bicyclic) bond motifs is 1. The van der Waals surface area contributed by atoms with Gasteiger partial charge in [0.1, 0.15) is 24.1 Å². The summed E-state index contributed by atoms with van der Waals surface area (Å²) >= 11 is 6.37. The number of hydrogen-bond acceptors (Lipinski definition) is 5. The van der Waals surface area contributed by atoms with Gasteiger partial charge in [0.2, 0.25) is 22.8 Å². The number of aryl methyl sites for hydroxylation is 1. The second-order valence-corrected chi connectivity index (χ2v) is 11.9. The summed E-state index contributed by atoms with van der Waals surface area (Å²) in [4.78, 5) is 49.3. The lowest BCUT2D eigenvalue weighted by atomic mass is 9.91. The summed E-state index contributed by atoms with van der Waals surface area (Å²) in [6, 6.07) is 11.8. The SMILES string of the molecule is CC(=O)n1cc(CC(=O)N2C[C@H](F)C[C@H]2C(=O)NC2C=CC=C(c3ccccc3)C2(F)Cl)c2ccc(-c3cnc(C)nc3)cc21. The lowest BCUT2D eigenvalue weighted by Gasteiger charge is -2.33. The molecule has 2 aromatic carbocycles. The largest absolute Gasteiger partial charge is 0.343 e. The van der Waals surface area contributed by atoms with E-state index >= 15 is 4.39 Å². The van der Waals surface area contributed by atoms with Crippen molar-refractivity contribution in [1.29, 1.82) is 0 Å². The maximum absolute atomic E-state index is 16.0. The molecule has 0 radical (unpaired) electrons. The van der Waals surface area contributed by atoms with Crippen LogP contribution in [0.4, 0.5) is 8.78 Å². The Balaban J connectivity index is 1.22. The number of hydrogen-bond donors (Lipinski definition) is 1. The first kappa shape index (κ1) is 30.3. The summed E-state index contributed by atoms with van der Waals surface area (Å²) in [6.07, 6.45) is 7.72. The molecule has 45 heavy (non-hydrogen) atoms. The van der Waals surface area contributed by atoms with Crippen molar-refractivity contribution in [2.45, 2.75) is 50.1 Å². The highest BCUT2D eigenvalue weighted by Gasteiger charge is 2.46. The van der Waals surface area contributed by atoms with Crippen LogP contribution in [0.2, 0.25) is 0 Å². The number of carbonyl (C=O) groups is 3. The van der Waals surface area contributed by atoms with Crippen molar-refractivity contribution in [1.82, 2.24) is 24.8 Å². The first-order valence-electron chi connectivity index (χ1n) is 14.5. The number of rotatable bonds is 6. The molecule has 0 spiro atoms. The van der Waals surface area contributed by atoms with Crippen molar-refractivity contribution < 1.29 is 23.2 Å². The molecule has 2 aromatic heterocycles. The quantitative estimate of drug-likeness (QED) is 0.281. The predicted octanol–water partition coefficient (Wildman–Crippen LogP) is 5.59. The van der Waals surface area contributed by atoms with Gasteiger partial charge in [-0.25, -0.2) is 18.7 Å². The molecule has 2 amide bonds. The van der Waals surface area contributed by atoms with E-state index in [9.17, 15) is 18.8 Å². The van der Waals surface area contributed by atoms with Crippen LogP contribution in [0.15, 0.2) is 85.3 Å². The first-order valence-corrected chi connectivity index (χ1v) is 14.9. The standard InChI is InChI=1S/C34H30ClF2N5O3/c1-20-38-16-25(17-39-20)23-11-12-27-24(18-41(21(2)43)29(27)13-23)14-32(44)42-19-26(36)15-30(42)33(45)40-31-10-6-9-28(34(31,35)37)22-7-4-3-5-8-22/h3-13,16-18,26,30-31H,14-15,19H2,1-2H3,(H,40,45)/t26-,30+,31?,34?/m1/s1. The molecule has 11 heteroatoms. The third kappa shape index (κ3) is 5.90. The van der Waals surface area contributed by atoms with Gasteiger partial charge < -0.3 is 10.2 Å². The van der Waals surface area contributed by atoms with Crippen LogP contribution in [-0.4, -0.2) is 67.1 Å². The zero-order chi connectivity index (χ0) is 31.9. The molecule has 6 rings (SSSR count). The number of nitrogens with zero attached hydrogens (tertiary/aromatic N) is 4. The Morgan fingerprint density at radius 1 is 1.07 bits per heavy atom. The normalized spacial score (nSPS) is 22.8. The fraction of sp³-hybridized carbons (Fsp3) is 0.265. The predicted molar refractivity (Wildman–Crippen MR) is 168 cm³/mol. The third-order valence-corrected chi connectivity index (χ3v) is 8.69. The Kier molecular flexibility index (Phi) is 8.09. The molecular weight excluding hydrogens is 600 g/mol. The zero-order valence-corrected chi connectivity index (χ0v) is 25.3. The number of amides is 2. The Labute approximate surface area is 263 Å². The third-order valence-electron chi connectivity index (χ3n) is 8.26. The van der Waals surface area contributed by atoms with Gasteiger partial charge in [0.25, 0.3) is 0 Å². The second-order valence-electron chi connectivity index (χ2n) is 11.3. The van der Waals surface area contributed by atoms with E-state index in [0.29, 0.717) is 27.9 Å². The van der Waals surface area contributed by atoms with E-state index < -0.39 is 35.2 Å². The van der Waals surface area contributed by atoms with E-state index in [2.05, 4.69) is 15.3 Å². The number of alkyl halides is 3. The van der Waals surface area contributed by atoms with Gasteiger partial charge in [-0.05, 0) is 29.7 Å². The van der Waals surface area contributed by atoms with Gasteiger partial charge in [0.15, 0.2) is 0 Å². The average molecular weight is 630 g/mol. The van der Waals surface area contributed by atoms with Crippen LogP contribution in [0, 0.1) is 6.92 Å². The minimum Gasteiger partial charge on any atom is -0.343 e. The molecule has 4 aromatic rings. The summed E-state index contributed by atoms with van der Waals surface area (Å²) in [6.45, 7) is 2.92. The van der Waals surface area contributed by atoms with Gasteiger partial charge in [0.05, 0.1) is 18.5 Å². The van der Waals surface area contributed by atoms with Crippen molar-refractivity contribution in [3.8, 4) is 11.1 Å². The van der Waals surface area contributed by atoms with Gasteiger partial charge >= 0.3 is 0 Å². The van der Waals surface area contributed by atoms with Gasteiger partial charge in [0, 0.05) is 48.5 Å². The Morgan fingerprint density at radius 2 is 1.80 bits per heavy atom. The molecule has 4 atom stereocenters. The monoisotopic (exact) mass is 629 g/mol. The number of benzene rings is 2. The number of allylic oxidation sites excluding steroid dienone is 2. The van der Waals surface area contributed by atoms with Crippen LogP contribution in [0.1, 0.15) is 35.1 Å². The van der Waals surface area contributed by atoms with Crippen LogP contribution in [0.5, 0.6) is 0 Å². The summed E-state index contributed by atoms with van der Waals surface area (Å²) in [5, 5.41) is 0.806. The van der Waals surface area contributed by atoms with Gasteiger partial charge in [-0.15, -0.1) is 0 Å². The van der Waals surface area contributed by atoms with Crippen molar-refractivity contribution in [3.63, 3.8) is 0 Å².